The van der Waals surface area contributed by atoms with Crippen LogP contribution in [-0.2, 0) is 35.3 Å². The van der Waals surface area contributed by atoms with Gasteiger partial charge in [0.2, 0.25) is 0 Å². The Morgan fingerprint density at radius 1 is 0.632 bits per heavy atom. The zero-order chi connectivity index (χ0) is 55.8. The summed E-state index contributed by atoms with van der Waals surface area (Å²) in [4.78, 5) is 17.5. The molecule has 0 radical (unpaired) electrons. The summed E-state index contributed by atoms with van der Waals surface area (Å²) < 4.78 is 97.7. The molecule has 8 aromatic rings. The summed E-state index contributed by atoms with van der Waals surface area (Å²) in [5.41, 5.74) is 4.14. The van der Waals surface area contributed by atoms with Crippen LogP contribution < -0.4 is 16.2 Å². The van der Waals surface area contributed by atoms with Crippen molar-refractivity contribution in [2.75, 3.05) is 50.2 Å². The summed E-state index contributed by atoms with van der Waals surface area (Å²) in [6.07, 6.45) is -4.73. The minimum absolute atomic E-state index is 0.00717. The zero-order valence-electron chi connectivity index (χ0n) is 43.6. The number of aliphatic hydroxyl groups excluding tert-OH is 2. The molecule has 2 aromatic carbocycles. The first-order valence-corrected chi connectivity index (χ1v) is 32.6. The van der Waals surface area contributed by atoms with Gasteiger partial charge < -0.3 is 40.4 Å². The summed E-state index contributed by atoms with van der Waals surface area (Å²) in [7, 11) is -3.82. The van der Waals surface area contributed by atoms with E-state index in [1.54, 1.807) is 31.9 Å². The fourth-order valence-electron chi connectivity index (χ4n) is 7.56. The molecule has 0 saturated carbocycles. The Balaban J connectivity index is 0.000000201. The molecule has 0 fully saturated rings. The lowest BCUT2D eigenvalue weighted by molar-refractivity contribution is -0.138. The van der Waals surface area contributed by atoms with E-state index in [1.165, 1.54) is 16.8 Å². The number of benzene rings is 2. The molecule has 18 nitrogen and oxygen atoms in total. The lowest BCUT2D eigenvalue weighted by Crippen LogP contribution is -2.37. The predicted molar refractivity (Wildman–Crippen MR) is 290 cm³/mol. The molecule has 6 heterocycles. The Labute approximate surface area is 445 Å². The molecule has 0 atom stereocenters. The highest BCUT2D eigenvalue weighted by molar-refractivity contribution is 9.10. The molecule has 28 heteroatoms. The Bertz CT molecular complexity index is 3210. The second-order valence-corrected chi connectivity index (χ2v) is 32.4. The largest absolute Gasteiger partial charge is 0.507 e. The zero-order valence-corrected chi connectivity index (χ0v) is 47.1. The third-order valence-corrected chi connectivity index (χ3v) is 15.5. The molecule has 412 valence electrons. The molecule has 0 aliphatic carbocycles. The Morgan fingerprint density at radius 2 is 1.09 bits per heavy atom. The van der Waals surface area contributed by atoms with Crippen molar-refractivity contribution < 1.29 is 56.1 Å². The van der Waals surface area contributed by atoms with Gasteiger partial charge in [0.15, 0.2) is 22.9 Å². The summed E-state index contributed by atoms with van der Waals surface area (Å²) in [6, 6.07) is 12.6. The number of alkyl halides is 6. The van der Waals surface area contributed by atoms with Crippen molar-refractivity contribution >= 4 is 89.8 Å². The number of halogens is 7. The van der Waals surface area contributed by atoms with Crippen LogP contribution in [0.2, 0.25) is 51.4 Å². The van der Waals surface area contributed by atoms with Crippen LogP contribution in [0.3, 0.4) is 0 Å². The van der Waals surface area contributed by atoms with E-state index in [1.807, 2.05) is 19.9 Å². The van der Waals surface area contributed by atoms with Gasteiger partial charge in [0.05, 0.1) is 74.0 Å². The van der Waals surface area contributed by atoms with Crippen molar-refractivity contribution in [2.24, 2.45) is 0 Å². The molecule has 0 aliphatic rings. The van der Waals surface area contributed by atoms with Gasteiger partial charge in [-0.15, -0.1) is 0 Å². The third kappa shape index (κ3) is 15.8. The van der Waals surface area contributed by atoms with E-state index in [2.05, 4.69) is 96.0 Å². The number of hydrogen-bond acceptors (Lipinski definition) is 14. The summed E-state index contributed by atoms with van der Waals surface area (Å²) in [6.45, 7) is 20.1. The Morgan fingerprint density at radius 3 is 1.58 bits per heavy atom. The van der Waals surface area contributed by atoms with Crippen LogP contribution >= 0.6 is 15.9 Å². The molecule has 0 aliphatic heterocycles. The van der Waals surface area contributed by atoms with Gasteiger partial charge >= 0.3 is 19.5 Å². The Hall–Kier alpha value is -5.46. The van der Waals surface area contributed by atoms with Crippen molar-refractivity contribution in [1.82, 2.24) is 48.3 Å². The van der Waals surface area contributed by atoms with Crippen LogP contribution in [-0.4, -0.2) is 131 Å². The van der Waals surface area contributed by atoms with Gasteiger partial charge in [0.1, 0.15) is 18.1 Å². The number of imidazole rings is 2. The van der Waals surface area contributed by atoms with E-state index in [9.17, 15) is 26.3 Å². The van der Waals surface area contributed by atoms with Gasteiger partial charge in [-0.3, -0.25) is 8.80 Å². The maximum Gasteiger partial charge on any atom is 0.507 e. The molecule has 0 saturated heterocycles. The van der Waals surface area contributed by atoms with Crippen LogP contribution in [0.4, 0.5) is 38.0 Å². The fourth-order valence-corrected chi connectivity index (χ4v) is 9.54. The van der Waals surface area contributed by atoms with Crippen molar-refractivity contribution in [3.8, 4) is 11.4 Å². The van der Waals surface area contributed by atoms with E-state index >= 15 is 0 Å². The molecule has 76 heavy (non-hydrogen) atoms. The average molecular weight is 1170 g/mol. The van der Waals surface area contributed by atoms with Crippen LogP contribution in [0, 0.1) is 13.8 Å². The fraction of sp³-hybridized carbons (Fsp3) is 0.458. The van der Waals surface area contributed by atoms with E-state index < -0.39 is 46.7 Å². The summed E-state index contributed by atoms with van der Waals surface area (Å²) >= 11 is 3.34. The normalized spacial score (nSPS) is 12.4. The van der Waals surface area contributed by atoms with Crippen LogP contribution in [0.15, 0.2) is 65.5 Å². The third-order valence-electron chi connectivity index (χ3n) is 11.5. The summed E-state index contributed by atoms with van der Waals surface area (Å²) in [5, 5.41) is 51.1. The standard InChI is InChI=1S/C24H31F3N6O2Si.C14H12BrF3N4O.C10H21BN2O3Si/c1-16-12-20(32(31-16)15-35-10-11-36(2,3)4)21-14-29-23-22(28-8-5-9-34)30-18-13-17(24(25,26)27)6-7-19(18)33(21)23;15-11-7-20-13-12(19-4-1-5-23)21-9-6-8(14(16,17)18)2-3-10(9)22(11)13;1-9-7-10(11(14)15)13(12-9)8-16-5-6-17(2,3)4/h6-7,12-14,34H,5,8-11,15H2,1-4H3,(H,28,30);2-3,6-7,23H,1,4-5H2,(H,19,21);7,14-15H,5-6,8H2,1-4H3. The highest BCUT2D eigenvalue weighted by Gasteiger charge is 2.32. The SMILES string of the molecule is Cc1cc(-c2cnc3c(NCCCO)nc4cc(C(F)(F)F)ccc4n23)n(COCC[Si](C)(C)C)n1.Cc1cc(B(O)O)n(COCC[Si](C)(C)C)n1.OCCCNc1nc2cc(C(F)(F)F)ccc2n2c(Br)cnc12. The first-order valence-electron chi connectivity index (χ1n) is 24.4. The van der Waals surface area contributed by atoms with E-state index in [4.69, 9.17) is 29.7 Å². The minimum atomic E-state index is -4.49. The van der Waals surface area contributed by atoms with E-state index in [-0.39, 0.29) is 37.7 Å². The molecule has 0 spiro atoms. The molecule has 0 unspecified atom stereocenters. The smallest absolute Gasteiger partial charge is 0.422 e. The Kier molecular flexibility index (Phi) is 19.9. The number of nitrogens with one attached hydrogen (secondary N) is 2. The monoisotopic (exact) mass is 1160 g/mol. The lowest BCUT2D eigenvalue weighted by atomic mass is 9.86. The topological polar surface area (TPSA) is 219 Å². The van der Waals surface area contributed by atoms with Crippen molar-refractivity contribution in [2.45, 2.75) is 104 Å². The predicted octanol–water partition coefficient (Wildman–Crippen LogP) is 8.82. The molecule has 6 N–H and O–H groups in total. The van der Waals surface area contributed by atoms with Crippen LogP contribution in [0.25, 0.3) is 44.7 Å². The second-order valence-electron chi connectivity index (χ2n) is 20.3. The van der Waals surface area contributed by atoms with Gasteiger partial charge in [0, 0.05) is 55.7 Å². The van der Waals surface area contributed by atoms with Gasteiger partial charge in [-0.1, -0.05) is 39.3 Å². The maximum absolute atomic E-state index is 13.4. The van der Waals surface area contributed by atoms with Crippen molar-refractivity contribution in [3.63, 3.8) is 0 Å². The molecule has 0 amide bonds. The second kappa shape index (κ2) is 25.3. The highest BCUT2D eigenvalue weighted by atomic mass is 79.9. The molecular weight excluding hydrogens is 1100 g/mol. The number of nitrogens with zero attached hydrogens (tertiary/aromatic N) is 10. The quantitative estimate of drug-likeness (QED) is 0.0239. The van der Waals surface area contributed by atoms with Crippen LogP contribution in [0.5, 0.6) is 0 Å². The average Bonchev–Trinajstić information content (AvgIpc) is 4.13. The van der Waals surface area contributed by atoms with Gasteiger partial charge in [-0.25, -0.2) is 29.3 Å². The van der Waals surface area contributed by atoms with E-state index in [0.29, 0.717) is 89.0 Å². The molecular formula is C48H64BBrF6N12O6Si2. The number of hydrogen-bond donors (Lipinski definition) is 6. The lowest BCUT2D eigenvalue weighted by Gasteiger charge is -2.16. The number of ether oxygens (including phenoxy) is 2. The van der Waals surface area contributed by atoms with E-state index in [0.717, 1.165) is 53.4 Å². The van der Waals surface area contributed by atoms with Crippen LogP contribution in [0.1, 0.15) is 35.4 Å². The molecule has 6 aromatic heterocycles. The number of aliphatic hydroxyl groups is 2. The first kappa shape index (κ1) is 59.8. The van der Waals surface area contributed by atoms with Gasteiger partial charge in [0.25, 0.3) is 0 Å². The minimum Gasteiger partial charge on any atom is -0.422 e. The van der Waals surface area contributed by atoms with Gasteiger partial charge in [-0.2, -0.15) is 36.5 Å². The van der Waals surface area contributed by atoms with Crippen molar-refractivity contribution in [1.29, 1.82) is 0 Å². The number of aromatic nitrogens is 10. The number of rotatable bonds is 20. The first-order chi connectivity index (χ1) is 35.7. The summed E-state index contributed by atoms with van der Waals surface area (Å²) in [5.74, 6) is 0.715. The molecule has 8 rings (SSSR count). The maximum atomic E-state index is 13.4. The highest BCUT2D eigenvalue weighted by Crippen LogP contribution is 2.35. The van der Waals surface area contributed by atoms with Gasteiger partial charge in [-0.05, 0) is 103 Å². The number of aryl methyl sites for hydroxylation is 2. The van der Waals surface area contributed by atoms with Crippen molar-refractivity contribution in [3.05, 3.63) is 88.0 Å². The number of fused-ring (bicyclic) bond motifs is 6. The molecule has 0 bridgehead atoms. The number of anilines is 2.